The molecule has 0 unspecified atom stereocenters. The highest BCUT2D eigenvalue weighted by molar-refractivity contribution is 9.10. The van der Waals surface area contributed by atoms with Gasteiger partial charge in [-0.2, -0.15) is 0 Å². The Bertz CT molecular complexity index is 1100. The second-order valence-electron chi connectivity index (χ2n) is 7.36. The summed E-state index contributed by atoms with van der Waals surface area (Å²) in [5.74, 6) is 3.44. The van der Waals surface area contributed by atoms with Crippen molar-refractivity contribution < 1.29 is 18.9 Å². The van der Waals surface area contributed by atoms with Crippen LogP contribution in [0.2, 0.25) is 0 Å². The molecule has 0 amide bonds. The standard InChI is InChI=1S/C26H25BrO4/c1-28-19-9-5-16(6-10-19)13-18-14-21(17-7-11-20(29-2)12-8-17)25-22(30-3)15-23(31-4)26(27)24(18)25/h5-13,15,21H,14H2,1-4H3/b18-13+/t21-/m1/s1. The zero-order chi connectivity index (χ0) is 22.0. The number of rotatable bonds is 6. The minimum atomic E-state index is 0.169. The van der Waals surface area contributed by atoms with Crippen LogP contribution >= 0.6 is 15.9 Å². The van der Waals surface area contributed by atoms with Gasteiger partial charge in [0.2, 0.25) is 0 Å². The summed E-state index contributed by atoms with van der Waals surface area (Å²) in [5, 5.41) is 0. The summed E-state index contributed by atoms with van der Waals surface area (Å²) in [5.41, 5.74) is 5.86. The second kappa shape index (κ2) is 9.06. The van der Waals surface area contributed by atoms with Gasteiger partial charge < -0.3 is 18.9 Å². The number of halogens is 1. The third-order valence-corrected chi connectivity index (χ3v) is 6.53. The third-order valence-electron chi connectivity index (χ3n) is 5.74. The Hall–Kier alpha value is -2.92. The molecule has 3 aromatic rings. The first kappa shape index (κ1) is 21.3. The summed E-state index contributed by atoms with van der Waals surface area (Å²) in [6, 6.07) is 18.3. The second-order valence-corrected chi connectivity index (χ2v) is 8.15. The van der Waals surface area contributed by atoms with Crippen LogP contribution in [0, 0.1) is 0 Å². The van der Waals surface area contributed by atoms with E-state index in [0.29, 0.717) is 0 Å². The van der Waals surface area contributed by atoms with E-state index in [1.165, 1.54) is 16.7 Å². The molecule has 0 spiro atoms. The van der Waals surface area contributed by atoms with Gasteiger partial charge >= 0.3 is 0 Å². The van der Waals surface area contributed by atoms with E-state index in [9.17, 15) is 0 Å². The summed E-state index contributed by atoms with van der Waals surface area (Å²) in [4.78, 5) is 0. The number of benzene rings is 3. The smallest absolute Gasteiger partial charge is 0.137 e. The molecule has 31 heavy (non-hydrogen) atoms. The van der Waals surface area contributed by atoms with E-state index in [1.807, 2.05) is 30.3 Å². The van der Waals surface area contributed by atoms with Crippen molar-refractivity contribution in [3.63, 3.8) is 0 Å². The number of hydrogen-bond donors (Lipinski definition) is 0. The Morgan fingerprint density at radius 2 is 1.35 bits per heavy atom. The van der Waals surface area contributed by atoms with Crippen molar-refractivity contribution in [2.75, 3.05) is 28.4 Å². The number of allylic oxidation sites excluding steroid dienone is 1. The SMILES string of the molecule is COc1ccc(/C=C2\C[C@H](c3ccc(OC)cc3)c3c(OC)cc(OC)c(Br)c32)cc1. The highest BCUT2D eigenvalue weighted by Gasteiger charge is 2.34. The van der Waals surface area contributed by atoms with Crippen LogP contribution in [0.4, 0.5) is 0 Å². The normalized spacial score (nSPS) is 16.2. The molecular weight excluding hydrogens is 456 g/mol. The average molecular weight is 481 g/mol. The number of ether oxygens (including phenoxy) is 4. The maximum absolute atomic E-state index is 5.81. The molecule has 5 heteroatoms. The lowest BCUT2D eigenvalue weighted by molar-refractivity contribution is 0.389. The fourth-order valence-corrected chi connectivity index (χ4v) is 4.92. The lowest BCUT2D eigenvalue weighted by Crippen LogP contribution is -2.01. The molecule has 0 fully saturated rings. The van der Waals surface area contributed by atoms with E-state index in [1.54, 1.807) is 28.4 Å². The Balaban J connectivity index is 1.88. The first-order valence-electron chi connectivity index (χ1n) is 10.0. The number of hydrogen-bond acceptors (Lipinski definition) is 4. The van der Waals surface area contributed by atoms with Crippen molar-refractivity contribution in [1.82, 2.24) is 0 Å². The summed E-state index contributed by atoms with van der Waals surface area (Å²) < 4.78 is 23.0. The zero-order valence-corrected chi connectivity index (χ0v) is 19.7. The van der Waals surface area contributed by atoms with Crippen molar-refractivity contribution in [3.8, 4) is 23.0 Å². The van der Waals surface area contributed by atoms with E-state index in [-0.39, 0.29) is 5.92 Å². The molecule has 0 saturated heterocycles. The van der Waals surface area contributed by atoms with Gasteiger partial charge in [0.25, 0.3) is 0 Å². The van der Waals surface area contributed by atoms with E-state index in [4.69, 9.17) is 18.9 Å². The summed E-state index contributed by atoms with van der Waals surface area (Å²) in [6.07, 6.45) is 3.08. The molecule has 0 aromatic heterocycles. The van der Waals surface area contributed by atoms with Crippen molar-refractivity contribution in [2.24, 2.45) is 0 Å². The maximum Gasteiger partial charge on any atom is 0.137 e. The molecule has 1 aliphatic carbocycles. The van der Waals surface area contributed by atoms with Crippen LogP contribution in [0.25, 0.3) is 11.6 Å². The molecule has 0 aliphatic heterocycles. The van der Waals surface area contributed by atoms with E-state index >= 15 is 0 Å². The first-order valence-corrected chi connectivity index (χ1v) is 10.8. The Labute approximate surface area is 191 Å². The third kappa shape index (κ3) is 4.02. The molecule has 1 atom stereocenters. The van der Waals surface area contributed by atoms with Gasteiger partial charge in [0.1, 0.15) is 23.0 Å². The van der Waals surface area contributed by atoms with Gasteiger partial charge in [0, 0.05) is 23.1 Å². The van der Waals surface area contributed by atoms with E-state index < -0.39 is 0 Å². The van der Waals surface area contributed by atoms with Crippen molar-refractivity contribution in [2.45, 2.75) is 12.3 Å². The largest absolute Gasteiger partial charge is 0.497 e. The quantitative estimate of drug-likeness (QED) is 0.400. The Kier molecular flexibility index (Phi) is 6.23. The van der Waals surface area contributed by atoms with Crippen molar-refractivity contribution in [1.29, 1.82) is 0 Å². The fraction of sp³-hybridized carbons (Fsp3) is 0.231. The van der Waals surface area contributed by atoms with Gasteiger partial charge in [0.15, 0.2) is 0 Å². The number of fused-ring (bicyclic) bond motifs is 1. The Morgan fingerprint density at radius 1 is 0.774 bits per heavy atom. The summed E-state index contributed by atoms with van der Waals surface area (Å²) in [7, 11) is 6.74. The average Bonchev–Trinajstić information content (AvgIpc) is 3.19. The van der Waals surface area contributed by atoms with Crippen LogP contribution < -0.4 is 18.9 Å². The van der Waals surface area contributed by atoms with Crippen molar-refractivity contribution >= 4 is 27.6 Å². The van der Waals surface area contributed by atoms with Gasteiger partial charge in [0.05, 0.1) is 32.9 Å². The monoisotopic (exact) mass is 480 g/mol. The van der Waals surface area contributed by atoms with Gasteiger partial charge in [-0.3, -0.25) is 0 Å². The predicted octanol–water partition coefficient (Wildman–Crippen LogP) is 6.56. The first-order chi connectivity index (χ1) is 15.1. The lowest BCUT2D eigenvalue weighted by atomic mass is 9.92. The predicted molar refractivity (Wildman–Crippen MR) is 128 cm³/mol. The van der Waals surface area contributed by atoms with E-state index in [0.717, 1.165) is 45.0 Å². The van der Waals surface area contributed by atoms with Crippen LogP contribution in [0.1, 0.15) is 34.6 Å². The van der Waals surface area contributed by atoms with Crippen LogP contribution in [0.3, 0.4) is 0 Å². The summed E-state index contributed by atoms with van der Waals surface area (Å²) in [6.45, 7) is 0. The maximum atomic E-state index is 5.81. The molecule has 0 heterocycles. The minimum absolute atomic E-state index is 0.169. The summed E-state index contributed by atoms with van der Waals surface area (Å²) >= 11 is 3.79. The van der Waals surface area contributed by atoms with Gasteiger partial charge in [-0.15, -0.1) is 0 Å². The molecule has 0 bridgehead atoms. The molecule has 0 N–H and O–H groups in total. The van der Waals surface area contributed by atoms with Crippen LogP contribution in [0.15, 0.2) is 59.1 Å². The van der Waals surface area contributed by atoms with Crippen LogP contribution in [-0.2, 0) is 0 Å². The molecule has 3 aromatic carbocycles. The van der Waals surface area contributed by atoms with E-state index in [2.05, 4.69) is 46.3 Å². The van der Waals surface area contributed by atoms with Crippen molar-refractivity contribution in [3.05, 3.63) is 81.3 Å². The molecule has 4 nitrogen and oxygen atoms in total. The van der Waals surface area contributed by atoms with Crippen LogP contribution in [0.5, 0.6) is 23.0 Å². The number of methoxy groups -OCH3 is 4. The highest BCUT2D eigenvalue weighted by atomic mass is 79.9. The zero-order valence-electron chi connectivity index (χ0n) is 18.1. The molecular formula is C26H25BrO4. The minimum Gasteiger partial charge on any atom is -0.497 e. The Morgan fingerprint density at radius 3 is 1.90 bits per heavy atom. The molecule has 0 radical (unpaired) electrons. The van der Waals surface area contributed by atoms with Gasteiger partial charge in [-0.1, -0.05) is 30.3 Å². The van der Waals surface area contributed by atoms with Gasteiger partial charge in [-0.05, 0) is 63.3 Å². The molecule has 0 saturated carbocycles. The lowest BCUT2D eigenvalue weighted by Gasteiger charge is -2.18. The fourth-order valence-electron chi connectivity index (χ4n) is 4.18. The van der Waals surface area contributed by atoms with Crippen LogP contribution in [-0.4, -0.2) is 28.4 Å². The van der Waals surface area contributed by atoms with Gasteiger partial charge in [-0.25, -0.2) is 0 Å². The topological polar surface area (TPSA) is 36.9 Å². The highest BCUT2D eigenvalue weighted by Crippen LogP contribution is 2.54. The molecule has 1 aliphatic rings. The molecule has 4 rings (SSSR count). The molecule has 160 valence electrons.